The SMILES string of the molecule is CC(c1ccccn1)N(C)C(=O)c1cc(N)cc(S(=O)(=O)N(C)C)c1. The van der Waals surface area contributed by atoms with E-state index in [9.17, 15) is 13.2 Å². The number of carbonyl (C=O) groups excluding carboxylic acids is 1. The summed E-state index contributed by atoms with van der Waals surface area (Å²) in [6.07, 6.45) is 1.66. The number of anilines is 1. The third kappa shape index (κ3) is 3.97. The lowest BCUT2D eigenvalue weighted by molar-refractivity contribution is 0.0739. The van der Waals surface area contributed by atoms with Crippen LogP contribution >= 0.6 is 0 Å². The molecule has 8 heteroatoms. The van der Waals surface area contributed by atoms with Crippen LogP contribution in [0.4, 0.5) is 5.69 Å². The molecule has 7 nitrogen and oxygen atoms in total. The number of nitrogens with zero attached hydrogens (tertiary/aromatic N) is 3. The van der Waals surface area contributed by atoms with E-state index in [4.69, 9.17) is 5.73 Å². The molecule has 1 heterocycles. The second-order valence-corrected chi connectivity index (χ2v) is 8.08. The predicted molar refractivity (Wildman–Crippen MR) is 96.5 cm³/mol. The molecular formula is C17H22N4O3S. The lowest BCUT2D eigenvalue weighted by Crippen LogP contribution is -2.30. The Labute approximate surface area is 148 Å². The zero-order valence-corrected chi connectivity index (χ0v) is 15.5. The van der Waals surface area contributed by atoms with E-state index in [1.807, 2.05) is 19.1 Å². The molecule has 1 amide bonds. The van der Waals surface area contributed by atoms with Crippen molar-refractivity contribution >= 4 is 21.6 Å². The minimum Gasteiger partial charge on any atom is -0.399 e. The van der Waals surface area contributed by atoms with Gasteiger partial charge in [0.1, 0.15) is 0 Å². The van der Waals surface area contributed by atoms with Crippen molar-refractivity contribution in [2.75, 3.05) is 26.9 Å². The summed E-state index contributed by atoms with van der Waals surface area (Å²) < 4.78 is 25.7. The van der Waals surface area contributed by atoms with Crippen LogP contribution in [-0.2, 0) is 10.0 Å². The molecule has 1 unspecified atom stereocenters. The van der Waals surface area contributed by atoms with Crippen molar-refractivity contribution in [3.05, 3.63) is 53.9 Å². The third-order valence-corrected chi connectivity index (χ3v) is 5.76. The topological polar surface area (TPSA) is 96.6 Å². The Kier molecular flexibility index (Phi) is 5.44. The number of benzene rings is 1. The lowest BCUT2D eigenvalue weighted by atomic mass is 10.1. The molecule has 2 N–H and O–H groups in total. The maximum absolute atomic E-state index is 12.8. The fourth-order valence-electron chi connectivity index (χ4n) is 2.31. The number of hydrogen-bond acceptors (Lipinski definition) is 5. The Hall–Kier alpha value is -2.45. The molecule has 1 aromatic heterocycles. The molecule has 0 fully saturated rings. The summed E-state index contributed by atoms with van der Waals surface area (Å²) in [6, 6.07) is 9.36. The molecule has 0 saturated heterocycles. The van der Waals surface area contributed by atoms with Gasteiger partial charge < -0.3 is 10.6 Å². The second kappa shape index (κ2) is 7.20. The summed E-state index contributed by atoms with van der Waals surface area (Å²) in [5, 5.41) is 0. The summed E-state index contributed by atoms with van der Waals surface area (Å²) in [5.41, 5.74) is 6.98. The van der Waals surface area contributed by atoms with E-state index in [-0.39, 0.29) is 28.1 Å². The zero-order valence-electron chi connectivity index (χ0n) is 14.7. The number of aromatic nitrogens is 1. The maximum atomic E-state index is 12.8. The van der Waals surface area contributed by atoms with Gasteiger partial charge in [0.05, 0.1) is 16.6 Å². The number of pyridine rings is 1. The summed E-state index contributed by atoms with van der Waals surface area (Å²) >= 11 is 0. The highest BCUT2D eigenvalue weighted by molar-refractivity contribution is 7.89. The normalized spacial score (nSPS) is 12.8. The van der Waals surface area contributed by atoms with Crippen LogP contribution in [-0.4, -0.2) is 49.7 Å². The van der Waals surface area contributed by atoms with E-state index in [1.165, 1.54) is 37.2 Å². The molecule has 2 aromatic rings. The van der Waals surface area contributed by atoms with Crippen molar-refractivity contribution in [2.45, 2.75) is 17.9 Å². The van der Waals surface area contributed by atoms with Gasteiger partial charge in [0.15, 0.2) is 0 Å². The summed E-state index contributed by atoms with van der Waals surface area (Å²) in [7, 11) is 0.812. The van der Waals surface area contributed by atoms with Crippen LogP contribution in [0.2, 0.25) is 0 Å². The van der Waals surface area contributed by atoms with Crippen LogP contribution in [0.15, 0.2) is 47.5 Å². The van der Waals surface area contributed by atoms with E-state index >= 15 is 0 Å². The molecule has 1 atom stereocenters. The van der Waals surface area contributed by atoms with Crippen LogP contribution in [0.1, 0.15) is 29.0 Å². The van der Waals surface area contributed by atoms with Crippen LogP contribution in [0.5, 0.6) is 0 Å². The fourth-order valence-corrected chi connectivity index (χ4v) is 3.29. The molecule has 25 heavy (non-hydrogen) atoms. The minimum absolute atomic E-state index is 0.0141. The van der Waals surface area contributed by atoms with E-state index in [2.05, 4.69) is 4.98 Å². The van der Waals surface area contributed by atoms with Gasteiger partial charge in [0.2, 0.25) is 10.0 Å². The first-order valence-electron chi connectivity index (χ1n) is 7.65. The second-order valence-electron chi connectivity index (χ2n) is 5.92. The number of nitrogens with two attached hydrogens (primary N) is 1. The van der Waals surface area contributed by atoms with Gasteiger partial charge in [-0.2, -0.15) is 0 Å². The Bertz CT molecular complexity index is 867. The number of sulfonamides is 1. The summed E-state index contributed by atoms with van der Waals surface area (Å²) in [6.45, 7) is 1.85. The Morgan fingerprint density at radius 2 is 1.84 bits per heavy atom. The van der Waals surface area contributed by atoms with Crippen molar-refractivity contribution in [1.82, 2.24) is 14.2 Å². The summed E-state index contributed by atoms with van der Waals surface area (Å²) in [4.78, 5) is 18.5. The van der Waals surface area contributed by atoms with E-state index in [1.54, 1.807) is 19.3 Å². The number of nitrogen functional groups attached to an aromatic ring is 1. The molecule has 2 rings (SSSR count). The van der Waals surface area contributed by atoms with Crippen molar-refractivity contribution in [3.63, 3.8) is 0 Å². The monoisotopic (exact) mass is 362 g/mol. The highest BCUT2D eigenvalue weighted by Gasteiger charge is 2.23. The average Bonchev–Trinajstić information content (AvgIpc) is 2.59. The van der Waals surface area contributed by atoms with Crippen LogP contribution in [0, 0.1) is 0 Å². The van der Waals surface area contributed by atoms with Gasteiger partial charge in [-0.05, 0) is 37.3 Å². The first-order valence-corrected chi connectivity index (χ1v) is 9.09. The van der Waals surface area contributed by atoms with Crippen LogP contribution in [0.25, 0.3) is 0 Å². The molecule has 0 aliphatic carbocycles. The van der Waals surface area contributed by atoms with Gasteiger partial charge in [-0.25, -0.2) is 12.7 Å². The van der Waals surface area contributed by atoms with E-state index in [0.29, 0.717) is 0 Å². The van der Waals surface area contributed by atoms with Gasteiger partial charge in [0.25, 0.3) is 5.91 Å². The zero-order chi connectivity index (χ0) is 18.8. The van der Waals surface area contributed by atoms with Crippen molar-refractivity contribution in [1.29, 1.82) is 0 Å². The first kappa shape index (κ1) is 18.9. The van der Waals surface area contributed by atoms with E-state index < -0.39 is 10.0 Å². The molecule has 0 saturated carbocycles. The smallest absolute Gasteiger partial charge is 0.254 e. The van der Waals surface area contributed by atoms with Crippen molar-refractivity contribution in [3.8, 4) is 0 Å². The predicted octanol–water partition coefficient (Wildman–Crippen LogP) is 1.75. The molecule has 134 valence electrons. The first-order chi connectivity index (χ1) is 11.6. The summed E-state index contributed by atoms with van der Waals surface area (Å²) in [5.74, 6) is -0.333. The van der Waals surface area contributed by atoms with Crippen molar-refractivity contribution in [2.24, 2.45) is 0 Å². The quantitative estimate of drug-likeness (QED) is 0.817. The minimum atomic E-state index is -3.68. The molecule has 0 bridgehead atoms. The van der Waals surface area contributed by atoms with Gasteiger partial charge in [-0.1, -0.05) is 6.07 Å². The molecule has 0 spiro atoms. The van der Waals surface area contributed by atoms with Gasteiger partial charge in [0, 0.05) is 38.6 Å². The molecule has 0 aliphatic heterocycles. The highest BCUT2D eigenvalue weighted by atomic mass is 32.2. The lowest BCUT2D eigenvalue weighted by Gasteiger charge is -2.25. The van der Waals surface area contributed by atoms with Gasteiger partial charge in [-0.15, -0.1) is 0 Å². The van der Waals surface area contributed by atoms with E-state index in [0.717, 1.165) is 10.00 Å². The Balaban J connectivity index is 2.38. The molecular weight excluding hydrogens is 340 g/mol. The largest absolute Gasteiger partial charge is 0.399 e. The number of hydrogen-bond donors (Lipinski definition) is 1. The Morgan fingerprint density at radius 1 is 1.16 bits per heavy atom. The fraction of sp³-hybridized carbons (Fsp3) is 0.294. The number of amides is 1. The molecule has 0 radical (unpaired) electrons. The van der Waals surface area contributed by atoms with Crippen LogP contribution in [0.3, 0.4) is 0 Å². The third-order valence-electron chi connectivity index (χ3n) is 3.97. The standard InChI is InChI=1S/C17H22N4O3S/c1-12(16-7-5-6-8-19-16)21(4)17(22)13-9-14(18)11-15(10-13)25(23,24)20(2)3/h5-12H,18H2,1-4H3. The van der Waals surface area contributed by atoms with Gasteiger partial charge in [-0.3, -0.25) is 9.78 Å². The van der Waals surface area contributed by atoms with Crippen LogP contribution < -0.4 is 5.73 Å². The van der Waals surface area contributed by atoms with Crippen molar-refractivity contribution < 1.29 is 13.2 Å². The molecule has 0 aliphatic rings. The average molecular weight is 362 g/mol. The number of rotatable bonds is 5. The van der Waals surface area contributed by atoms with Gasteiger partial charge >= 0.3 is 0 Å². The Morgan fingerprint density at radius 3 is 2.40 bits per heavy atom. The highest BCUT2D eigenvalue weighted by Crippen LogP contribution is 2.23. The number of carbonyl (C=O) groups is 1. The molecule has 1 aromatic carbocycles. The maximum Gasteiger partial charge on any atom is 0.254 e.